The van der Waals surface area contributed by atoms with Crippen LogP contribution in [0.1, 0.15) is 43.0 Å². The van der Waals surface area contributed by atoms with E-state index in [0.717, 1.165) is 39.0 Å². The standard InChI is InChI=1S/C19H27N3O2.ClH/c1-15(21-18(24)16-5-3-2-4-6-16)13-17(23)22-11-8-19(9-12-22)7-10-20-14-19;/h2-6,15,20H,7-14H2,1H3,(H,21,24);1H. The Labute approximate surface area is 155 Å². The number of hydrogen-bond acceptors (Lipinski definition) is 3. The molecule has 138 valence electrons. The van der Waals surface area contributed by atoms with Crippen molar-refractivity contribution in [3.63, 3.8) is 0 Å². The first-order valence-corrected chi connectivity index (χ1v) is 8.92. The van der Waals surface area contributed by atoms with E-state index in [1.54, 1.807) is 12.1 Å². The maximum atomic E-state index is 12.5. The number of halogens is 1. The number of nitrogens with one attached hydrogen (secondary N) is 2. The summed E-state index contributed by atoms with van der Waals surface area (Å²) in [5, 5.41) is 6.36. The average Bonchev–Trinajstić information content (AvgIpc) is 3.04. The van der Waals surface area contributed by atoms with Crippen molar-refractivity contribution in [2.24, 2.45) is 5.41 Å². The third kappa shape index (κ3) is 4.95. The second kappa shape index (κ2) is 8.68. The molecule has 5 nitrogen and oxygen atoms in total. The highest BCUT2D eigenvalue weighted by Gasteiger charge is 2.38. The Hall–Kier alpha value is -1.59. The molecule has 2 aliphatic rings. The van der Waals surface area contributed by atoms with Gasteiger partial charge in [0.15, 0.2) is 0 Å². The van der Waals surface area contributed by atoms with Crippen LogP contribution in [-0.2, 0) is 4.79 Å². The summed E-state index contributed by atoms with van der Waals surface area (Å²) in [4.78, 5) is 26.6. The summed E-state index contributed by atoms with van der Waals surface area (Å²) in [5.74, 6) is 0.0298. The van der Waals surface area contributed by atoms with Crippen molar-refractivity contribution in [3.05, 3.63) is 35.9 Å². The van der Waals surface area contributed by atoms with Gasteiger partial charge in [0.1, 0.15) is 0 Å². The molecule has 1 unspecified atom stereocenters. The second-order valence-corrected chi connectivity index (χ2v) is 7.25. The van der Waals surface area contributed by atoms with Gasteiger partial charge in [-0.25, -0.2) is 0 Å². The Morgan fingerprint density at radius 3 is 2.48 bits per heavy atom. The Balaban J connectivity index is 0.00000225. The highest BCUT2D eigenvalue weighted by Crippen LogP contribution is 2.36. The number of piperidine rings is 1. The second-order valence-electron chi connectivity index (χ2n) is 7.25. The van der Waals surface area contributed by atoms with Gasteiger partial charge in [-0.05, 0) is 50.3 Å². The molecule has 1 aromatic carbocycles. The lowest BCUT2D eigenvalue weighted by molar-refractivity contribution is -0.133. The summed E-state index contributed by atoms with van der Waals surface area (Å²) in [6, 6.07) is 8.97. The molecular formula is C19H28ClN3O2. The average molecular weight is 366 g/mol. The van der Waals surface area contributed by atoms with Crippen LogP contribution in [0.3, 0.4) is 0 Å². The van der Waals surface area contributed by atoms with Crippen LogP contribution in [0, 0.1) is 5.41 Å². The zero-order valence-corrected chi connectivity index (χ0v) is 15.6. The van der Waals surface area contributed by atoms with E-state index in [1.807, 2.05) is 30.0 Å². The zero-order valence-electron chi connectivity index (χ0n) is 14.8. The fourth-order valence-electron chi connectivity index (χ4n) is 3.79. The van der Waals surface area contributed by atoms with E-state index in [-0.39, 0.29) is 30.3 Å². The van der Waals surface area contributed by atoms with Gasteiger partial charge in [-0.1, -0.05) is 18.2 Å². The summed E-state index contributed by atoms with van der Waals surface area (Å²) < 4.78 is 0. The lowest BCUT2D eigenvalue weighted by atomic mass is 9.78. The number of nitrogens with zero attached hydrogens (tertiary/aromatic N) is 1. The molecule has 2 aliphatic heterocycles. The van der Waals surface area contributed by atoms with Gasteiger partial charge in [-0.15, -0.1) is 12.4 Å². The van der Waals surface area contributed by atoms with Crippen LogP contribution >= 0.6 is 12.4 Å². The van der Waals surface area contributed by atoms with Crippen LogP contribution in [0.4, 0.5) is 0 Å². The molecule has 25 heavy (non-hydrogen) atoms. The highest BCUT2D eigenvalue weighted by atomic mass is 35.5. The molecule has 2 heterocycles. The monoisotopic (exact) mass is 365 g/mol. The normalized spacial score (nSPS) is 20.0. The summed E-state index contributed by atoms with van der Waals surface area (Å²) in [6.45, 7) is 5.79. The molecule has 3 rings (SSSR count). The van der Waals surface area contributed by atoms with Gasteiger partial charge in [-0.3, -0.25) is 9.59 Å². The third-order valence-electron chi connectivity index (χ3n) is 5.40. The van der Waals surface area contributed by atoms with Crippen molar-refractivity contribution in [2.75, 3.05) is 26.2 Å². The maximum Gasteiger partial charge on any atom is 0.251 e. The Morgan fingerprint density at radius 1 is 1.20 bits per heavy atom. The predicted octanol–water partition coefficient (Wildman–Crippen LogP) is 2.22. The van der Waals surface area contributed by atoms with Crippen LogP contribution in [0.15, 0.2) is 30.3 Å². The number of rotatable bonds is 4. The SMILES string of the molecule is CC(CC(=O)N1CCC2(CCNC2)CC1)NC(=O)c1ccccc1.Cl. The van der Waals surface area contributed by atoms with Crippen molar-refractivity contribution < 1.29 is 9.59 Å². The van der Waals surface area contributed by atoms with E-state index in [2.05, 4.69) is 10.6 Å². The largest absolute Gasteiger partial charge is 0.349 e. The summed E-state index contributed by atoms with van der Waals surface area (Å²) in [5.41, 5.74) is 1.05. The van der Waals surface area contributed by atoms with Crippen LogP contribution in [0.25, 0.3) is 0 Å². The van der Waals surface area contributed by atoms with E-state index in [4.69, 9.17) is 0 Å². The third-order valence-corrected chi connectivity index (χ3v) is 5.40. The van der Waals surface area contributed by atoms with Crippen molar-refractivity contribution in [3.8, 4) is 0 Å². The molecular weight excluding hydrogens is 338 g/mol. The van der Waals surface area contributed by atoms with Gasteiger partial charge >= 0.3 is 0 Å². The lowest BCUT2D eigenvalue weighted by Gasteiger charge is -2.39. The first kappa shape index (κ1) is 19.7. The molecule has 0 aromatic heterocycles. The van der Waals surface area contributed by atoms with Gasteiger partial charge in [0.25, 0.3) is 5.91 Å². The van der Waals surface area contributed by atoms with Crippen molar-refractivity contribution >= 4 is 24.2 Å². The van der Waals surface area contributed by atoms with Gasteiger partial charge in [0.2, 0.25) is 5.91 Å². The van der Waals surface area contributed by atoms with Gasteiger partial charge in [-0.2, -0.15) is 0 Å². The number of hydrogen-bond donors (Lipinski definition) is 2. The van der Waals surface area contributed by atoms with Gasteiger partial charge in [0.05, 0.1) is 0 Å². The van der Waals surface area contributed by atoms with Crippen LogP contribution in [-0.4, -0.2) is 48.9 Å². The molecule has 0 aliphatic carbocycles. The lowest BCUT2D eigenvalue weighted by Crippen LogP contribution is -2.46. The van der Waals surface area contributed by atoms with Crippen molar-refractivity contribution in [1.82, 2.24) is 15.5 Å². The Kier molecular flexibility index (Phi) is 6.85. The van der Waals surface area contributed by atoms with E-state index in [9.17, 15) is 9.59 Å². The fraction of sp³-hybridized carbons (Fsp3) is 0.579. The summed E-state index contributed by atoms with van der Waals surface area (Å²) in [6.07, 6.45) is 3.79. The van der Waals surface area contributed by atoms with Gasteiger partial charge in [0, 0.05) is 37.7 Å². The quantitative estimate of drug-likeness (QED) is 0.860. The van der Waals surface area contributed by atoms with Crippen LogP contribution < -0.4 is 10.6 Å². The molecule has 6 heteroatoms. The number of likely N-dealkylation sites (tertiary alicyclic amines) is 1. The molecule has 2 N–H and O–H groups in total. The summed E-state index contributed by atoms with van der Waals surface area (Å²) in [7, 11) is 0. The topological polar surface area (TPSA) is 61.4 Å². The van der Waals surface area contributed by atoms with Crippen LogP contribution in [0.2, 0.25) is 0 Å². The first-order chi connectivity index (χ1) is 11.6. The molecule has 0 radical (unpaired) electrons. The smallest absolute Gasteiger partial charge is 0.251 e. The first-order valence-electron chi connectivity index (χ1n) is 8.92. The Bertz CT molecular complexity index is 578. The molecule has 1 spiro atoms. The molecule has 0 saturated carbocycles. The minimum atomic E-state index is -0.158. The van der Waals surface area contributed by atoms with Gasteiger partial charge < -0.3 is 15.5 Å². The van der Waals surface area contributed by atoms with Crippen molar-refractivity contribution in [2.45, 2.75) is 38.6 Å². The molecule has 1 atom stereocenters. The predicted molar refractivity (Wildman–Crippen MR) is 101 cm³/mol. The van der Waals surface area contributed by atoms with E-state index >= 15 is 0 Å². The summed E-state index contributed by atoms with van der Waals surface area (Å²) >= 11 is 0. The molecule has 0 bridgehead atoms. The molecule has 2 saturated heterocycles. The highest BCUT2D eigenvalue weighted by molar-refractivity contribution is 5.94. The van der Waals surface area contributed by atoms with E-state index < -0.39 is 0 Å². The molecule has 2 fully saturated rings. The number of carbonyl (C=O) groups is 2. The van der Waals surface area contributed by atoms with E-state index in [1.165, 1.54) is 6.42 Å². The molecule has 2 amide bonds. The van der Waals surface area contributed by atoms with Crippen molar-refractivity contribution in [1.29, 1.82) is 0 Å². The number of amides is 2. The van der Waals surface area contributed by atoms with E-state index in [0.29, 0.717) is 17.4 Å². The zero-order chi connectivity index (χ0) is 17.0. The molecule has 1 aromatic rings. The number of benzene rings is 1. The minimum absolute atomic E-state index is 0. The maximum absolute atomic E-state index is 12.5. The number of carbonyl (C=O) groups excluding carboxylic acids is 2. The Morgan fingerprint density at radius 2 is 1.88 bits per heavy atom. The fourth-order valence-corrected chi connectivity index (χ4v) is 3.79. The minimum Gasteiger partial charge on any atom is -0.349 e. The van der Waals surface area contributed by atoms with Crippen LogP contribution in [0.5, 0.6) is 0 Å².